The molecule has 3 rings (SSSR count). The number of carbonyl (C=O) groups is 1. The van der Waals surface area contributed by atoms with Crippen LogP contribution in [0.25, 0.3) is 6.08 Å². The van der Waals surface area contributed by atoms with Gasteiger partial charge in [0.2, 0.25) is 0 Å². The van der Waals surface area contributed by atoms with Crippen LogP contribution < -0.4 is 4.74 Å². The Morgan fingerprint density at radius 2 is 2.00 bits per heavy atom. The van der Waals surface area contributed by atoms with Gasteiger partial charge in [0.1, 0.15) is 12.4 Å². The van der Waals surface area contributed by atoms with Gasteiger partial charge < -0.3 is 9.64 Å². The summed E-state index contributed by atoms with van der Waals surface area (Å²) in [6.07, 6.45) is 8.07. The van der Waals surface area contributed by atoms with Gasteiger partial charge in [-0.25, -0.2) is 0 Å². The number of benzene rings is 1. The number of hydrogen-bond donors (Lipinski definition) is 0. The lowest BCUT2D eigenvalue weighted by molar-refractivity contribution is -0.130. The molecule has 1 saturated carbocycles. The van der Waals surface area contributed by atoms with Gasteiger partial charge in [0, 0.05) is 18.2 Å². The molecular weight excluding hydrogens is 262 g/mol. The summed E-state index contributed by atoms with van der Waals surface area (Å²) in [4.78, 5) is 14.9. The molecule has 0 spiro atoms. The van der Waals surface area contributed by atoms with E-state index in [1.807, 2.05) is 35.2 Å². The Hall–Kier alpha value is -1.77. The van der Waals surface area contributed by atoms with Crippen LogP contribution in [0.3, 0.4) is 0 Å². The summed E-state index contributed by atoms with van der Waals surface area (Å²) in [6.45, 7) is 3.24. The number of ether oxygens (including phenoxy) is 1. The second-order valence-electron chi connectivity index (χ2n) is 5.88. The number of para-hydroxylation sites is 1. The molecule has 1 aromatic carbocycles. The fourth-order valence-corrected chi connectivity index (χ4v) is 3.38. The van der Waals surface area contributed by atoms with Gasteiger partial charge in [-0.15, -0.1) is 0 Å². The largest absolute Gasteiger partial charge is 0.488 e. The Labute approximate surface area is 126 Å². The number of carbonyl (C=O) groups excluding carboxylic acids is 1. The summed E-state index contributed by atoms with van der Waals surface area (Å²) in [5.41, 5.74) is 1.79. The van der Waals surface area contributed by atoms with Crippen LogP contribution in [-0.2, 0) is 4.79 Å². The highest BCUT2D eigenvalue weighted by molar-refractivity contribution is 5.99. The Balaban J connectivity index is 1.79. The third-order valence-electron chi connectivity index (χ3n) is 4.52. The van der Waals surface area contributed by atoms with Crippen molar-refractivity contribution < 1.29 is 9.53 Å². The minimum atomic E-state index is 0.152. The fraction of sp³-hybridized carbons (Fsp3) is 0.500. The molecule has 0 unspecified atom stereocenters. The number of rotatable bonds is 3. The van der Waals surface area contributed by atoms with E-state index in [1.165, 1.54) is 19.3 Å². The first-order valence-electron chi connectivity index (χ1n) is 8.03. The summed E-state index contributed by atoms with van der Waals surface area (Å²) in [7, 11) is 0. The second kappa shape index (κ2) is 6.33. The van der Waals surface area contributed by atoms with Crippen molar-refractivity contribution >= 4 is 12.0 Å². The van der Waals surface area contributed by atoms with Gasteiger partial charge in [-0.1, -0.05) is 37.5 Å². The van der Waals surface area contributed by atoms with E-state index < -0.39 is 0 Å². The van der Waals surface area contributed by atoms with Crippen molar-refractivity contribution in [2.75, 3.05) is 13.2 Å². The molecule has 1 fully saturated rings. The van der Waals surface area contributed by atoms with Crippen molar-refractivity contribution in [1.82, 2.24) is 4.90 Å². The van der Waals surface area contributed by atoms with E-state index in [4.69, 9.17) is 4.74 Å². The highest BCUT2D eigenvalue weighted by atomic mass is 16.5. The van der Waals surface area contributed by atoms with Gasteiger partial charge in [-0.3, -0.25) is 4.79 Å². The fourth-order valence-electron chi connectivity index (χ4n) is 3.38. The van der Waals surface area contributed by atoms with Gasteiger partial charge >= 0.3 is 0 Å². The van der Waals surface area contributed by atoms with E-state index in [9.17, 15) is 4.79 Å². The minimum absolute atomic E-state index is 0.152. The van der Waals surface area contributed by atoms with Gasteiger partial charge in [-0.05, 0) is 31.9 Å². The summed E-state index contributed by atoms with van der Waals surface area (Å²) >= 11 is 0. The van der Waals surface area contributed by atoms with Crippen LogP contribution in [0.1, 0.15) is 44.6 Å². The maximum Gasteiger partial charge on any atom is 0.253 e. The van der Waals surface area contributed by atoms with Crippen molar-refractivity contribution in [2.45, 2.75) is 45.1 Å². The molecule has 0 N–H and O–H groups in total. The molecule has 0 bridgehead atoms. The van der Waals surface area contributed by atoms with Crippen LogP contribution in [0.15, 0.2) is 29.8 Å². The van der Waals surface area contributed by atoms with Crippen LogP contribution in [0, 0.1) is 0 Å². The second-order valence-corrected chi connectivity index (χ2v) is 5.88. The molecule has 21 heavy (non-hydrogen) atoms. The van der Waals surface area contributed by atoms with Crippen molar-refractivity contribution in [3.8, 4) is 5.75 Å². The predicted octanol–water partition coefficient (Wildman–Crippen LogP) is 3.64. The summed E-state index contributed by atoms with van der Waals surface area (Å²) in [5.74, 6) is 1.02. The number of likely N-dealkylation sites (N-methyl/N-ethyl adjacent to an activating group) is 1. The first-order chi connectivity index (χ1) is 10.3. The standard InChI is InChI=1S/C18H23NO2/c1-2-19(16-9-4-3-5-10-16)18(20)15-12-14-8-6-7-11-17(14)21-13-15/h6-8,11-12,16H,2-5,9-10,13H2,1H3. The lowest BCUT2D eigenvalue weighted by atomic mass is 9.93. The van der Waals surface area contributed by atoms with Crippen LogP contribution in [0.5, 0.6) is 5.75 Å². The molecule has 1 aliphatic carbocycles. The van der Waals surface area contributed by atoms with Crippen LogP contribution in [0.4, 0.5) is 0 Å². The first kappa shape index (κ1) is 14.2. The van der Waals surface area contributed by atoms with Crippen LogP contribution in [-0.4, -0.2) is 30.0 Å². The first-order valence-corrected chi connectivity index (χ1v) is 8.03. The van der Waals surface area contributed by atoms with Crippen LogP contribution in [0.2, 0.25) is 0 Å². The van der Waals surface area contributed by atoms with E-state index in [2.05, 4.69) is 6.92 Å². The van der Waals surface area contributed by atoms with Crippen LogP contribution >= 0.6 is 0 Å². The molecule has 0 atom stereocenters. The summed E-state index contributed by atoms with van der Waals surface area (Å²) in [6, 6.07) is 8.30. The highest BCUT2D eigenvalue weighted by Crippen LogP contribution is 2.28. The molecule has 0 aromatic heterocycles. The molecule has 0 saturated heterocycles. The zero-order valence-electron chi connectivity index (χ0n) is 12.7. The summed E-state index contributed by atoms with van der Waals surface area (Å²) < 4.78 is 5.72. The van der Waals surface area contributed by atoms with Gasteiger partial charge in [0.25, 0.3) is 5.91 Å². The number of amides is 1. The molecule has 2 aliphatic rings. The Bertz CT molecular complexity index is 544. The maximum atomic E-state index is 12.8. The molecule has 3 nitrogen and oxygen atoms in total. The minimum Gasteiger partial charge on any atom is -0.488 e. The number of fused-ring (bicyclic) bond motifs is 1. The molecule has 1 aromatic rings. The van der Waals surface area contributed by atoms with Crippen molar-refractivity contribution in [3.05, 3.63) is 35.4 Å². The van der Waals surface area contributed by atoms with Crippen molar-refractivity contribution in [1.29, 1.82) is 0 Å². The van der Waals surface area contributed by atoms with Crippen molar-refractivity contribution in [2.24, 2.45) is 0 Å². The third kappa shape index (κ3) is 2.97. The highest BCUT2D eigenvalue weighted by Gasteiger charge is 2.27. The van der Waals surface area contributed by atoms with Crippen molar-refractivity contribution in [3.63, 3.8) is 0 Å². The third-order valence-corrected chi connectivity index (χ3v) is 4.52. The zero-order chi connectivity index (χ0) is 14.7. The lowest BCUT2D eigenvalue weighted by Crippen LogP contribution is -2.43. The molecule has 1 heterocycles. The Kier molecular flexibility index (Phi) is 4.28. The number of hydrogen-bond acceptors (Lipinski definition) is 2. The maximum absolute atomic E-state index is 12.8. The van der Waals surface area contributed by atoms with Gasteiger partial charge in [0.05, 0.1) is 5.57 Å². The van der Waals surface area contributed by atoms with Gasteiger partial charge in [0.15, 0.2) is 0 Å². The Morgan fingerprint density at radius 3 is 2.76 bits per heavy atom. The molecular formula is C18H23NO2. The topological polar surface area (TPSA) is 29.5 Å². The average Bonchev–Trinajstić information content (AvgIpc) is 2.56. The average molecular weight is 285 g/mol. The zero-order valence-corrected chi connectivity index (χ0v) is 12.7. The van der Waals surface area contributed by atoms with E-state index in [-0.39, 0.29) is 5.91 Å². The molecule has 112 valence electrons. The smallest absolute Gasteiger partial charge is 0.253 e. The SMILES string of the molecule is CCN(C(=O)C1=Cc2ccccc2OC1)C1CCCCC1. The lowest BCUT2D eigenvalue weighted by Gasteiger charge is -2.34. The van der Waals surface area contributed by atoms with E-state index >= 15 is 0 Å². The van der Waals surface area contributed by atoms with E-state index in [0.717, 1.165) is 36.3 Å². The monoisotopic (exact) mass is 285 g/mol. The normalized spacial score (nSPS) is 18.4. The molecule has 0 radical (unpaired) electrons. The summed E-state index contributed by atoms with van der Waals surface area (Å²) in [5, 5.41) is 0. The van der Waals surface area contributed by atoms with E-state index in [0.29, 0.717) is 12.6 Å². The molecule has 1 amide bonds. The predicted molar refractivity (Wildman–Crippen MR) is 84.2 cm³/mol. The molecule has 1 aliphatic heterocycles. The van der Waals surface area contributed by atoms with E-state index in [1.54, 1.807) is 0 Å². The molecule has 3 heteroatoms. The quantitative estimate of drug-likeness (QED) is 0.848. The Morgan fingerprint density at radius 1 is 1.24 bits per heavy atom. The number of nitrogens with zero attached hydrogens (tertiary/aromatic N) is 1. The van der Waals surface area contributed by atoms with Gasteiger partial charge in [-0.2, -0.15) is 0 Å².